The van der Waals surface area contributed by atoms with Crippen LogP contribution in [0.4, 0.5) is 8.78 Å². The van der Waals surface area contributed by atoms with E-state index in [2.05, 4.69) is 0 Å². The lowest BCUT2D eigenvalue weighted by Crippen LogP contribution is -2.04. The van der Waals surface area contributed by atoms with Crippen LogP contribution in [0, 0.1) is 6.92 Å². The molecule has 0 atom stereocenters. The molecule has 0 heterocycles. The van der Waals surface area contributed by atoms with Gasteiger partial charge in [0.15, 0.2) is 0 Å². The van der Waals surface area contributed by atoms with E-state index in [9.17, 15) is 13.6 Å². The van der Waals surface area contributed by atoms with E-state index in [-0.39, 0.29) is 0 Å². The Bertz CT molecular complexity index is 339. The summed E-state index contributed by atoms with van der Waals surface area (Å²) in [6.45, 7) is 1.93. The number of allylic oxidation sites excluding steroid dienone is 1. The minimum absolute atomic E-state index is 0.740. The number of carbonyl (C=O) groups is 1. The second-order valence-corrected chi connectivity index (χ2v) is 2.95. The molecule has 14 heavy (non-hydrogen) atoms. The Balaban J connectivity index is 2.69. The summed E-state index contributed by atoms with van der Waals surface area (Å²) in [7, 11) is 0. The van der Waals surface area contributed by atoms with Gasteiger partial charge in [0.1, 0.15) is 0 Å². The molecule has 0 aliphatic heterocycles. The molecule has 1 aromatic carbocycles. The van der Waals surface area contributed by atoms with E-state index in [0.29, 0.717) is 0 Å². The Kier molecular flexibility index (Phi) is 3.51. The molecular formula is C11H10F2O. The highest BCUT2D eigenvalue weighted by molar-refractivity contribution is 5.95. The molecule has 1 aromatic rings. The highest BCUT2D eigenvalue weighted by Crippen LogP contribution is 2.06. The molecular weight excluding hydrogens is 186 g/mol. The monoisotopic (exact) mass is 196 g/mol. The van der Waals surface area contributed by atoms with Gasteiger partial charge in [-0.3, -0.25) is 4.79 Å². The zero-order valence-corrected chi connectivity index (χ0v) is 7.71. The van der Waals surface area contributed by atoms with Crippen LogP contribution in [-0.4, -0.2) is 12.2 Å². The Morgan fingerprint density at radius 3 is 2.36 bits per heavy atom. The highest BCUT2D eigenvalue weighted by Gasteiger charge is 2.10. The lowest BCUT2D eigenvalue weighted by Gasteiger charge is -1.94. The van der Waals surface area contributed by atoms with Crippen molar-refractivity contribution in [3.63, 3.8) is 0 Å². The number of hydrogen-bond acceptors (Lipinski definition) is 1. The van der Waals surface area contributed by atoms with Crippen LogP contribution < -0.4 is 0 Å². The van der Waals surface area contributed by atoms with Crippen LogP contribution in [0.25, 0.3) is 6.08 Å². The van der Waals surface area contributed by atoms with Gasteiger partial charge in [0.25, 0.3) is 6.43 Å². The van der Waals surface area contributed by atoms with Gasteiger partial charge in [0.05, 0.1) is 0 Å². The van der Waals surface area contributed by atoms with E-state index in [0.717, 1.165) is 17.2 Å². The molecule has 0 radical (unpaired) electrons. The molecule has 0 aliphatic rings. The fourth-order valence-corrected chi connectivity index (χ4v) is 0.929. The van der Waals surface area contributed by atoms with E-state index in [4.69, 9.17) is 0 Å². The van der Waals surface area contributed by atoms with Gasteiger partial charge in [0, 0.05) is 0 Å². The molecule has 0 amide bonds. The average molecular weight is 196 g/mol. The first-order valence-electron chi connectivity index (χ1n) is 4.16. The smallest absolute Gasteiger partial charge is 0.288 e. The molecule has 3 heteroatoms. The van der Waals surface area contributed by atoms with Crippen molar-refractivity contribution in [2.24, 2.45) is 0 Å². The molecule has 0 N–H and O–H groups in total. The van der Waals surface area contributed by atoms with Crippen LogP contribution in [-0.2, 0) is 4.79 Å². The van der Waals surface area contributed by atoms with Gasteiger partial charge in [-0.2, -0.15) is 0 Å². The summed E-state index contributed by atoms with van der Waals surface area (Å²) in [5, 5.41) is 0. The molecule has 0 unspecified atom stereocenters. The molecule has 0 fully saturated rings. The Hall–Kier alpha value is -1.51. The molecule has 1 nitrogen and oxygen atoms in total. The Morgan fingerprint density at radius 2 is 1.86 bits per heavy atom. The lowest BCUT2D eigenvalue weighted by molar-refractivity contribution is -0.124. The molecule has 0 aromatic heterocycles. The number of benzene rings is 1. The van der Waals surface area contributed by atoms with Gasteiger partial charge < -0.3 is 0 Å². The van der Waals surface area contributed by atoms with E-state index in [1.54, 1.807) is 12.1 Å². The van der Waals surface area contributed by atoms with Crippen LogP contribution in [0.2, 0.25) is 0 Å². The molecule has 0 aliphatic carbocycles. The number of alkyl halides is 2. The number of halogens is 2. The van der Waals surface area contributed by atoms with Crippen molar-refractivity contribution in [2.75, 3.05) is 0 Å². The van der Waals surface area contributed by atoms with Crippen LogP contribution in [0.5, 0.6) is 0 Å². The van der Waals surface area contributed by atoms with Gasteiger partial charge >= 0.3 is 0 Å². The molecule has 74 valence electrons. The van der Waals surface area contributed by atoms with Gasteiger partial charge in [0.2, 0.25) is 5.78 Å². The van der Waals surface area contributed by atoms with Gasteiger partial charge in [-0.15, -0.1) is 0 Å². The van der Waals surface area contributed by atoms with Crippen LogP contribution in [0.1, 0.15) is 11.1 Å². The summed E-state index contributed by atoms with van der Waals surface area (Å²) < 4.78 is 23.6. The molecule has 1 rings (SSSR count). The van der Waals surface area contributed by atoms with Crippen LogP contribution in [0.15, 0.2) is 30.3 Å². The van der Waals surface area contributed by atoms with Crippen LogP contribution in [0.3, 0.4) is 0 Å². The van der Waals surface area contributed by atoms with Crippen molar-refractivity contribution >= 4 is 11.9 Å². The summed E-state index contributed by atoms with van der Waals surface area (Å²) >= 11 is 0. The van der Waals surface area contributed by atoms with Crippen molar-refractivity contribution in [3.8, 4) is 0 Å². The third-order valence-corrected chi connectivity index (χ3v) is 1.73. The molecule has 0 spiro atoms. The largest absolute Gasteiger partial charge is 0.299 e. The van der Waals surface area contributed by atoms with E-state index >= 15 is 0 Å². The summed E-state index contributed by atoms with van der Waals surface area (Å²) in [6.07, 6.45) is -0.639. The molecule has 0 saturated heterocycles. The standard InChI is InChI=1S/C11H10F2O/c1-8-2-4-9(5-3-8)6-7-10(14)11(12)13/h2-7,11H,1H3/b7-6+. The maximum atomic E-state index is 11.8. The maximum absolute atomic E-state index is 11.8. The van der Waals surface area contributed by atoms with Crippen molar-refractivity contribution < 1.29 is 13.6 Å². The number of rotatable bonds is 3. The summed E-state index contributed by atoms with van der Waals surface area (Å²) in [4.78, 5) is 10.5. The topological polar surface area (TPSA) is 17.1 Å². The zero-order chi connectivity index (χ0) is 10.6. The fourth-order valence-electron chi connectivity index (χ4n) is 0.929. The third kappa shape index (κ3) is 3.09. The van der Waals surface area contributed by atoms with Crippen molar-refractivity contribution in [1.29, 1.82) is 0 Å². The number of hydrogen-bond donors (Lipinski definition) is 0. The lowest BCUT2D eigenvalue weighted by atomic mass is 10.1. The zero-order valence-electron chi connectivity index (χ0n) is 7.71. The highest BCUT2D eigenvalue weighted by atomic mass is 19.3. The van der Waals surface area contributed by atoms with E-state index in [1.807, 2.05) is 19.1 Å². The second kappa shape index (κ2) is 4.65. The number of ketones is 1. The SMILES string of the molecule is Cc1ccc(/C=C/C(=O)C(F)F)cc1. The summed E-state index contributed by atoms with van der Waals surface area (Å²) in [5.41, 5.74) is 1.83. The van der Waals surface area contributed by atoms with Gasteiger partial charge in [-0.1, -0.05) is 35.9 Å². The summed E-state index contributed by atoms with van der Waals surface area (Å²) in [5.74, 6) is -1.16. The quantitative estimate of drug-likeness (QED) is 0.679. The van der Waals surface area contributed by atoms with E-state index < -0.39 is 12.2 Å². The van der Waals surface area contributed by atoms with Crippen LogP contribution >= 0.6 is 0 Å². The van der Waals surface area contributed by atoms with Gasteiger partial charge in [-0.05, 0) is 18.6 Å². The normalized spacial score (nSPS) is 11.1. The second-order valence-electron chi connectivity index (χ2n) is 2.95. The molecule has 0 saturated carbocycles. The number of carbonyl (C=O) groups excluding carboxylic acids is 1. The first kappa shape index (κ1) is 10.6. The Morgan fingerprint density at radius 1 is 1.29 bits per heavy atom. The predicted molar refractivity (Wildman–Crippen MR) is 51.2 cm³/mol. The first-order chi connectivity index (χ1) is 6.59. The van der Waals surface area contributed by atoms with Crippen molar-refractivity contribution in [2.45, 2.75) is 13.3 Å². The van der Waals surface area contributed by atoms with Crippen molar-refractivity contribution in [3.05, 3.63) is 41.5 Å². The Labute approximate surface area is 81.1 Å². The maximum Gasteiger partial charge on any atom is 0.299 e. The first-order valence-corrected chi connectivity index (χ1v) is 4.16. The average Bonchev–Trinajstić information content (AvgIpc) is 2.16. The predicted octanol–water partition coefficient (Wildman–Crippen LogP) is 2.84. The third-order valence-electron chi connectivity index (χ3n) is 1.73. The number of aryl methyl sites for hydroxylation is 1. The summed E-state index contributed by atoms with van der Waals surface area (Å²) in [6, 6.07) is 7.24. The van der Waals surface area contributed by atoms with Crippen molar-refractivity contribution in [1.82, 2.24) is 0 Å². The minimum Gasteiger partial charge on any atom is -0.288 e. The van der Waals surface area contributed by atoms with Gasteiger partial charge in [-0.25, -0.2) is 8.78 Å². The fraction of sp³-hybridized carbons (Fsp3) is 0.182. The molecule has 0 bridgehead atoms. The van der Waals surface area contributed by atoms with E-state index in [1.165, 1.54) is 6.08 Å². The minimum atomic E-state index is -2.92.